The van der Waals surface area contributed by atoms with E-state index >= 15 is 0 Å². The molecule has 0 saturated carbocycles. The van der Waals surface area contributed by atoms with Gasteiger partial charge in [0.05, 0.1) is 28.5 Å². The molecule has 3 rings (SSSR count). The standard InChI is InChI=1S/C15H12F5N3O2S/c16-9-2-8(4-23(14(9)25)5-11(17)18)22-13(24)10-1-7-3-21-6-15(19,20)12(7)26-10/h1-2,4,11,21H,3,5-6H2,(H,22,24). The van der Waals surface area contributed by atoms with Gasteiger partial charge in [0.2, 0.25) is 0 Å². The summed E-state index contributed by atoms with van der Waals surface area (Å²) < 4.78 is 66.6. The van der Waals surface area contributed by atoms with Crippen LogP contribution >= 0.6 is 11.3 Å². The van der Waals surface area contributed by atoms with Crippen molar-refractivity contribution in [2.24, 2.45) is 0 Å². The Bertz CT molecular complexity index is 909. The van der Waals surface area contributed by atoms with Crippen molar-refractivity contribution < 1.29 is 26.7 Å². The average molecular weight is 393 g/mol. The summed E-state index contributed by atoms with van der Waals surface area (Å²) >= 11 is 0.608. The van der Waals surface area contributed by atoms with Crippen LogP contribution in [0.1, 0.15) is 20.1 Å². The number of pyridine rings is 1. The summed E-state index contributed by atoms with van der Waals surface area (Å²) in [5.74, 6) is -5.22. The minimum Gasteiger partial charge on any atom is -0.320 e. The molecule has 0 aromatic carbocycles. The van der Waals surface area contributed by atoms with E-state index in [1.165, 1.54) is 6.07 Å². The molecule has 0 bridgehead atoms. The summed E-state index contributed by atoms with van der Waals surface area (Å²) in [5, 5.41) is 4.78. The van der Waals surface area contributed by atoms with Gasteiger partial charge in [0.15, 0.2) is 5.82 Å². The molecule has 3 heterocycles. The predicted molar refractivity (Wildman–Crippen MR) is 84.5 cm³/mol. The molecule has 26 heavy (non-hydrogen) atoms. The molecule has 0 fully saturated rings. The molecule has 11 heteroatoms. The molecule has 1 aliphatic rings. The second-order valence-electron chi connectivity index (χ2n) is 5.65. The lowest BCUT2D eigenvalue weighted by molar-refractivity contribution is -0.00659. The molecule has 0 spiro atoms. The molecule has 0 atom stereocenters. The van der Waals surface area contributed by atoms with Gasteiger partial charge in [0.1, 0.15) is 0 Å². The number of hydrogen-bond acceptors (Lipinski definition) is 4. The van der Waals surface area contributed by atoms with Crippen LogP contribution < -0.4 is 16.2 Å². The Labute approximate surface area is 147 Å². The lowest BCUT2D eigenvalue weighted by atomic mass is 10.1. The van der Waals surface area contributed by atoms with Crippen LogP contribution in [-0.2, 0) is 19.0 Å². The maximum Gasteiger partial charge on any atom is 0.294 e. The number of fused-ring (bicyclic) bond motifs is 1. The summed E-state index contributed by atoms with van der Waals surface area (Å²) in [6.45, 7) is -1.39. The van der Waals surface area contributed by atoms with Crippen molar-refractivity contribution in [2.45, 2.75) is 25.4 Å². The van der Waals surface area contributed by atoms with Crippen LogP contribution in [0.25, 0.3) is 0 Å². The largest absolute Gasteiger partial charge is 0.320 e. The SMILES string of the molecule is O=C(Nc1cc(F)c(=O)n(CC(F)F)c1)c1cc2c(s1)C(F)(F)CNC2. The monoisotopic (exact) mass is 393 g/mol. The Morgan fingerprint density at radius 2 is 2.12 bits per heavy atom. The van der Waals surface area contributed by atoms with E-state index in [4.69, 9.17) is 0 Å². The van der Waals surface area contributed by atoms with Gasteiger partial charge in [-0.3, -0.25) is 9.59 Å². The van der Waals surface area contributed by atoms with Crippen molar-refractivity contribution in [3.63, 3.8) is 0 Å². The lowest BCUT2D eigenvalue weighted by Gasteiger charge is -2.22. The number of hydrogen-bond donors (Lipinski definition) is 2. The van der Waals surface area contributed by atoms with Crippen molar-refractivity contribution in [3.05, 3.63) is 49.8 Å². The number of halogens is 5. The van der Waals surface area contributed by atoms with Crippen molar-refractivity contribution >= 4 is 22.9 Å². The smallest absolute Gasteiger partial charge is 0.294 e. The molecule has 0 radical (unpaired) electrons. The van der Waals surface area contributed by atoms with Gasteiger partial charge in [0.25, 0.3) is 23.8 Å². The first-order chi connectivity index (χ1) is 12.2. The van der Waals surface area contributed by atoms with E-state index in [-0.39, 0.29) is 27.5 Å². The Morgan fingerprint density at radius 1 is 1.38 bits per heavy atom. The molecule has 0 saturated heterocycles. The van der Waals surface area contributed by atoms with Crippen LogP contribution in [0.2, 0.25) is 0 Å². The first-order valence-corrected chi connectivity index (χ1v) is 8.20. The summed E-state index contributed by atoms with van der Waals surface area (Å²) in [7, 11) is 0. The van der Waals surface area contributed by atoms with Gasteiger partial charge < -0.3 is 15.2 Å². The van der Waals surface area contributed by atoms with E-state index in [9.17, 15) is 31.5 Å². The normalized spacial score (nSPS) is 15.8. The molecule has 2 aromatic rings. The first-order valence-electron chi connectivity index (χ1n) is 7.38. The van der Waals surface area contributed by atoms with Gasteiger partial charge in [-0.15, -0.1) is 11.3 Å². The number of carbonyl (C=O) groups excluding carboxylic acids is 1. The highest BCUT2D eigenvalue weighted by Gasteiger charge is 2.39. The van der Waals surface area contributed by atoms with Crippen LogP contribution in [0, 0.1) is 5.82 Å². The van der Waals surface area contributed by atoms with E-state index < -0.39 is 42.7 Å². The number of thiophene rings is 1. The Morgan fingerprint density at radius 3 is 2.77 bits per heavy atom. The molecule has 0 unspecified atom stereocenters. The van der Waals surface area contributed by atoms with Gasteiger partial charge >= 0.3 is 0 Å². The van der Waals surface area contributed by atoms with Gasteiger partial charge in [-0.25, -0.2) is 13.2 Å². The number of amides is 1. The van der Waals surface area contributed by atoms with E-state index in [1.807, 2.05) is 0 Å². The Balaban J connectivity index is 1.86. The van der Waals surface area contributed by atoms with E-state index in [1.54, 1.807) is 0 Å². The molecule has 140 valence electrons. The van der Waals surface area contributed by atoms with E-state index in [2.05, 4.69) is 10.6 Å². The third-order valence-electron chi connectivity index (χ3n) is 3.66. The van der Waals surface area contributed by atoms with Crippen LogP contribution in [-0.4, -0.2) is 23.4 Å². The Kier molecular flexibility index (Phi) is 4.84. The first kappa shape index (κ1) is 18.5. The fourth-order valence-electron chi connectivity index (χ4n) is 2.56. The summed E-state index contributed by atoms with van der Waals surface area (Å²) in [4.78, 5) is 23.5. The van der Waals surface area contributed by atoms with Crippen LogP contribution in [0.4, 0.5) is 27.6 Å². The summed E-state index contributed by atoms with van der Waals surface area (Å²) in [6, 6.07) is 1.98. The molecule has 2 N–H and O–H groups in total. The zero-order valence-electron chi connectivity index (χ0n) is 13.0. The number of carbonyl (C=O) groups is 1. The summed E-state index contributed by atoms with van der Waals surface area (Å²) in [6.07, 6.45) is -2.02. The van der Waals surface area contributed by atoms with Crippen molar-refractivity contribution in [1.82, 2.24) is 9.88 Å². The van der Waals surface area contributed by atoms with Gasteiger partial charge in [-0.2, -0.15) is 8.78 Å². The minimum atomic E-state index is -3.10. The van der Waals surface area contributed by atoms with Crippen molar-refractivity contribution in [1.29, 1.82) is 0 Å². The molecule has 5 nitrogen and oxygen atoms in total. The van der Waals surface area contributed by atoms with Gasteiger partial charge in [-0.05, 0) is 11.6 Å². The predicted octanol–water partition coefficient (Wildman–Crippen LogP) is 2.76. The quantitative estimate of drug-likeness (QED) is 0.786. The number of alkyl halides is 4. The van der Waals surface area contributed by atoms with Crippen LogP contribution in [0.5, 0.6) is 0 Å². The highest BCUT2D eigenvalue weighted by atomic mass is 32.1. The zero-order chi connectivity index (χ0) is 19.1. The highest BCUT2D eigenvalue weighted by molar-refractivity contribution is 7.14. The lowest BCUT2D eigenvalue weighted by Crippen LogP contribution is -2.35. The zero-order valence-corrected chi connectivity index (χ0v) is 13.8. The number of nitrogens with one attached hydrogen (secondary N) is 2. The van der Waals surface area contributed by atoms with Crippen LogP contribution in [0.15, 0.2) is 23.1 Å². The minimum absolute atomic E-state index is 0.0367. The fraction of sp³-hybridized carbons (Fsp3) is 0.333. The van der Waals surface area contributed by atoms with Crippen molar-refractivity contribution in [3.8, 4) is 0 Å². The number of anilines is 1. The van der Waals surface area contributed by atoms with Gasteiger partial charge in [0, 0.05) is 18.8 Å². The maximum absolute atomic E-state index is 13.8. The second kappa shape index (κ2) is 6.80. The molecule has 2 aromatic heterocycles. The van der Waals surface area contributed by atoms with E-state index in [0.29, 0.717) is 22.0 Å². The molecular weight excluding hydrogens is 381 g/mol. The van der Waals surface area contributed by atoms with Crippen LogP contribution in [0.3, 0.4) is 0 Å². The molecule has 0 aliphatic carbocycles. The fourth-order valence-corrected chi connectivity index (χ4v) is 3.61. The molecule has 1 aliphatic heterocycles. The third kappa shape index (κ3) is 3.63. The third-order valence-corrected chi connectivity index (χ3v) is 4.95. The second-order valence-corrected chi connectivity index (χ2v) is 6.70. The number of rotatable bonds is 4. The maximum atomic E-state index is 13.8. The topological polar surface area (TPSA) is 63.1 Å². The summed E-state index contributed by atoms with van der Waals surface area (Å²) in [5.41, 5.74) is -1.20. The molecule has 1 amide bonds. The van der Waals surface area contributed by atoms with Crippen molar-refractivity contribution in [2.75, 3.05) is 11.9 Å². The number of nitrogens with zero attached hydrogens (tertiary/aromatic N) is 1. The highest BCUT2D eigenvalue weighted by Crippen LogP contribution is 2.39. The average Bonchev–Trinajstić information content (AvgIpc) is 2.97. The van der Waals surface area contributed by atoms with Gasteiger partial charge in [-0.1, -0.05) is 0 Å². The number of aromatic nitrogens is 1. The Hall–Kier alpha value is -2.27. The molecular formula is C15H12F5N3O2S. The van der Waals surface area contributed by atoms with E-state index in [0.717, 1.165) is 6.20 Å².